The zero-order valence-corrected chi connectivity index (χ0v) is 15.6. The number of nitrogens with zero attached hydrogens (tertiary/aromatic N) is 4. The van der Waals surface area contributed by atoms with Crippen LogP contribution >= 0.6 is 0 Å². The van der Waals surface area contributed by atoms with Gasteiger partial charge in [-0.1, -0.05) is 12.1 Å². The maximum Gasteiger partial charge on any atom is 0.348 e. The van der Waals surface area contributed by atoms with Crippen LogP contribution in [0.15, 0.2) is 60.7 Å². The molecule has 1 aromatic carbocycles. The Morgan fingerprint density at radius 3 is 2.45 bits per heavy atom. The summed E-state index contributed by atoms with van der Waals surface area (Å²) in [4.78, 5) is 32.3. The quantitative estimate of drug-likeness (QED) is 0.379. The van der Waals surface area contributed by atoms with Crippen LogP contribution < -0.4 is 4.74 Å². The Bertz CT molecular complexity index is 1070. The molecule has 9 heteroatoms. The molecule has 0 aliphatic carbocycles. The molecule has 1 aliphatic rings. The van der Waals surface area contributed by atoms with Crippen molar-refractivity contribution in [2.75, 3.05) is 0 Å². The second-order valence-corrected chi connectivity index (χ2v) is 6.57. The van der Waals surface area contributed by atoms with E-state index in [1.165, 1.54) is 26.3 Å². The zero-order chi connectivity index (χ0) is 20.4. The van der Waals surface area contributed by atoms with E-state index in [2.05, 4.69) is 15.1 Å². The second-order valence-electron chi connectivity index (χ2n) is 6.57. The van der Waals surface area contributed by atoms with E-state index in [0.29, 0.717) is 23.0 Å². The van der Waals surface area contributed by atoms with Crippen molar-refractivity contribution in [2.24, 2.45) is 0 Å². The van der Waals surface area contributed by atoms with E-state index in [-0.39, 0.29) is 5.57 Å². The van der Waals surface area contributed by atoms with Gasteiger partial charge in [-0.3, -0.25) is 0 Å². The Morgan fingerprint density at radius 1 is 1.07 bits per heavy atom. The topological polar surface area (TPSA) is 105 Å². The van der Waals surface area contributed by atoms with Crippen molar-refractivity contribution < 1.29 is 23.8 Å². The number of hydrogen-bond donors (Lipinski definition) is 0. The number of esters is 2. The summed E-state index contributed by atoms with van der Waals surface area (Å²) in [5.74, 6) is -1.28. The highest BCUT2D eigenvalue weighted by Gasteiger charge is 2.38. The Hall–Kier alpha value is -4.01. The lowest BCUT2D eigenvalue weighted by Crippen LogP contribution is -2.41. The van der Waals surface area contributed by atoms with E-state index < -0.39 is 17.7 Å². The molecular weight excluding hydrogens is 376 g/mol. The summed E-state index contributed by atoms with van der Waals surface area (Å²) in [7, 11) is 0. The van der Waals surface area contributed by atoms with E-state index in [1.54, 1.807) is 53.5 Å². The number of rotatable bonds is 4. The zero-order valence-electron chi connectivity index (χ0n) is 15.6. The third-order valence-corrected chi connectivity index (χ3v) is 3.90. The average molecular weight is 392 g/mol. The first-order valence-electron chi connectivity index (χ1n) is 8.68. The maximum absolute atomic E-state index is 12.0. The summed E-state index contributed by atoms with van der Waals surface area (Å²) >= 11 is 0. The van der Waals surface area contributed by atoms with E-state index >= 15 is 0 Å². The molecular formula is C20H16N4O5. The normalized spacial score (nSPS) is 15.4. The second kappa shape index (κ2) is 7.19. The molecule has 0 amide bonds. The smallest absolute Gasteiger partial charge is 0.348 e. The van der Waals surface area contributed by atoms with Gasteiger partial charge in [-0.25, -0.2) is 24.2 Å². The Morgan fingerprint density at radius 2 is 1.79 bits per heavy atom. The average Bonchev–Trinajstić information content (AvgIpc) is 3.20. The Kier molecular flexibility index (Phi) is 4.55. The van der Waals surface area contributed by atoms with Gasteiger partial charge in [0.05, 0.1) is 0 Å². The molecule has 1 fully saturated rings. The van der Waals surface area contributed by atoms with Gasteiger partial charge in [0.15, 0.2) is 5.82 Å². The number of carbonyl (C=O) groups is 2. The molecule has 9 nitrogen and oxygen atoms in total. The molecule has 0 bridgehead atoms. The van der Waals surface area contributed by atoms with Gasteiger partial charge in [0.1, 0.15) is 17.6 Å². The third-order valence-electron chi connectivity index (χ3n) is 3.90. The molecule has 3 aromatic rings. The highest BCUT2D eigenvalue weighted by atomic mass is 16.7. The standard InChI is InChI=1S/C20H16N4O5/c1-20(2)28-18(25)15(19(26)29-20)10-13-4-6-14(7-5-13)27-17-11-16(21-12-22-17)24-9-3-8-23-24/h3-12H,1-2H3. The van der Waals surface area contributed by atoms with Crippen LogP contribution in [0.3, 0.4) is 0 Å². The lowest BCUT2D eigenvalue weighted by atomic mass is 10.1. The van der Waals surface area contributed by atoms with Crippen molar-refractivity contribution in [3.8, 4) is 17.4 Å². The number of aromatic nitrogens is 4. The molecule has 3 heterocycles. The van der Waals surface area contributed by atoms with Crippen LogP contribution in [0.2, 0.25) is 0 Å². The van der Waals surface area contributed by atoms with Crippen molar-refractivity contribution in [3.63, 3.8) is 0 Å². The minimum Gasteiger partial charge on any atom is -0.439 e. The number of benzene rings is 1. The van der Waals surface area contributed by atoms with Gasteiger partial charge in [-0.2, -0.15) is 5.10 Å². The molecule has 0 unspecified atom stereocenters. The molecule has 29 heavy (non-hydrogen) atoms. The molecule has 2 aromatic heterocycles. The molecule has 0 saturated carbocycles. The van der Waals surface area contributed by atoms with Crippen molar-refractivity contribution in [3.05, 3.63) is 66.3 Å². The highest BCUT2D eigenvalue weighted by Crippen LogP contribution is 2.25. The summed E-state index contributed by atoms with van der Waals surface area (Å²) in [5, 5.41) is 4.11. The predicted molar refractivity (Wildman–Crippen MR) is 99.9 cm³/mol. The van der Waals surface area contributed by atoms with E-state index in [0.717, 1.165) is 0 Å². The van der Waals surface area contributed by atoms with Crippen LogP contribution in [0.5, 0.6) is 11.6 Å². The Labute approximate surface area is 165 Å². The molecule has 0 radical (unpaired) electrons. The molecule has 146 valence electrons. The van der Waals surface area contributed by atoms with Crippen molar-refractivity contribution >= 4 is 18.0 Å². The summed E-state index contributed by atoms with van der Waals surface area (Å²) in [6, 6.07) is 10.2. The van der Waals surface area contributed by atoms with Crippen LogP contribution in [-0.4, -0.2) is 37.5 Å². The van der Waals surface area contributed by atoms with Gasteiger partial charge in [0, 0.05) is 32.3 Å². The van der Waals surface area contributed by atoms with Crippen LogP contribution in [0.4, 0.5) is 0 Å². The molecule has 0 N–H and O–H groups in total. The Balaban J connectivity index is 1.50. The monoisotopic (exact) mass is 392 g/mol. The lowest BCUT2D eigenvalue weighted by Gasteiger charge is -2.29. The number of ether oxygens (including phenoxy) is 3. The molecule has 0 atom stereocenters. The number of hydrogen-bond acceptors (Lipinski definition) is 8. The van der Waals surface area contributed by atoms with Crippen molar-refractivity contribution in [1.29, 1.82) is 0 Å². The lowest BCUT2D eigenvalue weighted by molar-refractivity contribution is -0.222. The van der Waals surface area contributed by atoms with E-state index in [1.807, 2.05) is 0 Å². The van der Waals surface area contributed by atoms with Crippen LogP contribution in [-0.2, 0) is 19.1 Å². The maximum atomic E-state index is 12.0. The highest BCUT2D eigenvalue weighted by molar-refractivity contribution is 6.18. The van der Waals surface area contributed by atoms with Gasteiger partial charge < -0.3 is 14.2 Å². The number of carbonyl (C=O) groups excluding carboxylic acids is 2. The SMILES string of the molecule is CC1(C)OC(=O)C(=Cc2ccc(Oc3cc(-n4cccn4)ncn3)cc2)C(=O)O1. The first-order valence-corrected chi connectivity index (χ1v) is 8.68. The summed E-state index contributed by atoms with van der Waals surface area (Å²) < 4.78 is 17.5. The first kappa shape index (κ1) is 18.4. The molecule has 1 aliphatic heterocycles. The van der Waals surface area contributed by atoms with E-state index in [4.69, 9.17) is 14.2 Å². The van der Waals surface area contributed by atoms with Crippen LogP contribution in [0, 0.1) is 0 Å². The van der Waals surface area contributed by atoms with Gasteiger partial charge in [-0.05, 0) is 29.8 Å². The van der Waals surface area contributed by atoms with Crippen molar-refractivity contribution in [2.45, 2.75) is 19.6 Å². The fourth-order valence-electron chi connectivity index (χ4n) is 2.61. The fourth-order valence-corrected chi connectivity index (χ4v) is 2.61. The van der Waals surface area contributed by atoms with Gasteiger partial charge in [0.25, 0.3) is 5.79 Å². The summed E-state index contributed by atoms with van der Waals surface area (Å²) in [5.41, 5.74) is 0.443. The minimum absolute atomic E-state index is 0.169. The summed E-state index contributed by atoms with van der Waals surface area (Å²) in [6.07, 6.45) is 6.20. The summed E-state index contributed by atoms with van der Waals surface area (Å²) in [6.45, 7) is 2.99. The third kappa shape index (κ3) is 4.13. The molecule has 0 spiro atoms. The largest absolute Gasteiger partial charge is 0.439 e. The minimum atomic E-state index is -1.27. The first-order chi connectivity index (χ1) is 13.9. The predicted octanol–water partition coefficient (Wildman–Crippen LogP) is 2.67. The number of cyclic esters (lactones) is 2. The fraction of sp³-hybridized carbons (Fsp3) is 0.150. The van der Waals surface area contributed by atoms with E-state index in [9.17, 15) is 9.59 Å². The van der Waals surface area contributed by atoms with Gasteiger partial charge in [-0.15, -0.1) is 0 Å². The van der Waals surface area contributed by atoms with Crippen LogP contribution in [0.1, 0.15) is 19.4 Å². The van der Waals surface area contributed by atoms with Crippen LogP contribution in [0.25, 0.3) is 11.9 Å². The molecule has 4 rings (SSSR count). The molecule has 1 saturated heterocycles. The van der Waals surface area contributed by atoms with Crippen molar-refractivity contribution in [1.82, 2.24) is 19.7 Å². The van der Waals surface area contributed by atoms with Gasteiger partial charge in [0.2, 0.25) is 5.88 Å². The van der Waals surface area contributed by atoms with Gasteiger partial charge >= 0.3 is 11.9 Å².